The minimum atomic E-state index is -0.635. The highest BCUT2D eigenvalue weighted by molar-refractivity contribution is 5.79. The lowest BCUT2D eigenvalue weighted by Crippen LogP contribution is -2.34. The summed E-state index contributed by atoms with van der Waals surface area (Å²) in [5, 5.41) is 10.5. The number of fused-ring (bicyclic) bond motifs is 1. The monoisotopic (exact) mass is 260 g/mol. The van der Waals surface area contributed by atoms with E-state index in [1.807, 2.05) is 6.07 Å². The molecule has 1 fully saturated rings. The smallest absolute Gasteiger partial charge is 0.133 e. The summed E-state index contributed by atoms with van der Waals surface area (Å²) in [4.78, 5) is 11.2. The highest BCUT2D eigenvalue weighted by Crippen LogP contribution is 2.32. The van der Waals surface area contributed by atoms with Gasteiger partial charge in [-0.25, -0.2) is 0 Å². The van der Waals surface area contributed by atoms with Gasteiger partial charge in [-0.05, 0) is 42.9 Å². The summed E-state index contributed by atoms with van der Waals surface area (Å²) >= 11 is 0. The molecule has 0 bridgehead atoms. The number of Topliss-reactive ketones (excluding diaryl/α,β-unsaturated/α-hetero) is 1. The van der Waals surface area contributed by atoms with Crippen LogP contribution in [0.2, 0.25) is 0 Å². The number of carbonyl (C=O) groups excluding carboxylic acids is 1. The zero-order valence-electron chi connectivity index (χ0n) is 11.2. The number of benzene rings is 1. The van der Waals surface area contributed by atoms with Gasteiger partial charge in [0.25, 0.3) is 0 Å². The maximum Gasteiger partial charge on any atom is 0.133 e. The molecule has 0 saturated heterocycles. The number of rotatable bonds is 3. The second-order valence-corrected chi connectivity index (χ2v) is 5.80. The zero-order valence-corrected chi connectivity index (χ0v) is 11.2. The average molecular weight is 260 g/mol. The van der Waals surface area contributed by atoms with Gasteiger partial charge >= 0.3 is 0 Å². The molecule has 0 spiro atoms. The molecule has 0 atom stereocenters. The maximum absolute atomic E-state index is 11.2. The average Bonchev–Trinajstić information content (AvgIpc) is 2.88. The van der Waals surface area contributed by atoms with Gasteiger partial charge in [-0.2, -0.15) is 0 Å². The molecule has 0 unspecified atom stereocenters. The molecule has 1 N–H and O–H groups in total. The van der Waals surface area contributed by atoms with E-state index in [2.05, 4.69) is 12.1 Å². The molecule has 1 aromatic rings. The molecule has 102 valence electrons. The lowest BCUT2D eigenvalue weighted by atomic mass is 9.80. The normalized spacial score (nSPS) is 21.0. The van der Waals surface area contributed by atoms with Gasteiger partial charge in [0.15, 0.2) is 0 Å². The third kappa shape index (κ3) is 2.81. The maximum atomic E-state index is 11.2. The first-order valence-electron chi connectivity index (χ1n) is 7.13. The molecule has 0 aromatic heterocycles. The first-order chi connectivity index (χ1) is 9.15. The third-order valence-corrected chi connectivity index (χ3v) is 4.37. The minimum absolute atomic E-state index is 0.291. The largest absolute Gasteiger partial charge is 0.493 e. The summed E-state index contributed by atoms with van der Waals surface area (Å²) < 4.78 is 5.49. The Hall–Kier alpha value is -1.35. The molecule has 3 rings (SSSR count). The molecule has 0 radical (unpaired) electrons. The van der Waals surface area contributed by atoms with Crippen molar-refractivity contribution in [2.45, 2.75) is 50.5 Å². The Kier molecular flexibility index (Phi) is 3.31. The Bertz CT molecular complexity index is 483. The van der Waals surface area contributed by atoms with Gasteiger partial charge in [0.05, 0.1) is 12.2 Å². The van der Waals surface area contributed by atoms with Crippen molar-refractivity contribution >= 4 is 5.78 Å². The highest BCUT2D eigenvalue weighted by atomic mass is 16.5. The van der Waals surface area contributed by atoms with Crippen LogP contribution in [0.1, 0.15) is 43.2 Å². The van der Waals surface area contributed by atoms with Crippen molar-refractivity contribution in [3.8, 4) is 5.75 Å². The van der Waals surface area contributed by atoms with Crippen LogP contribution in [0.25, 0.3) is 0 Å². The van der Waals surface area contributed by atoms with Crippen LogP contribution in [0.3, 0.4) is 0 Å². The van der Waals surface area contributed by atoms with Crippen molar-refractivity contribution in [3.05, 3.63) is 29.3 Å². The van der Waals surface area contributed by atoms with Crippen LogP contribution in [-0.4, -0.2) is 23.1 Å². The number of carbonyl (C=O) groups is 1. The fourth-order valence-electron chi connectivity index (χ4n) is 3.02. The first kappa shape index (κ1) is 12.7. The van der Waals surface area contributed by atoms with Gasteiger partial charge in [-0.1, -0.05) is 12.1 Å². The number of ketones is 1. The Morgan fingerprint density at radius 3 is 2.79 bits per heavy atom. The van der Waals surface area contributed by atoms with E-state index < -0.39 is 5.60 Å². The molecule has 0 amide bonds. The molecule has 1 heterocycles. The van der Waals surface area contributed by atoms with E-state index >= 15 is 0 Å². The number of aryl methyl sites for hydroxylation is 1. The van der Waals surface area contributed by atoms with Crippen molar-refractivity contribution in [1.29, 1.82) is 0 Å². The van der Waals surface area contributed by atoms with Crippen molar-refractivity contribution in [1.82, 2.24) is 0 Å². The van der Waals surface area contributed by atoms with Crippen LogP contribution < -0.4 is 4.74 Å². The van der Waals surface area contributed by atoms with E-state index in [1.165, 1.54) is 11.1 Å². The topological polar surface area (TPSA) is 46.5 Å². The molecule has 1 aliphatic carbocycles. The van der Waals surface area contributed by atoms with Crippen molar-refractivity contribution in [2.24, 2.45) is 0 Å². The van der Waals surface area contributed by atoms with E-state index in [4.69, 9.17) is 4.74 Å². The number of aliphatic hydroxyl groups is 1. The van der Waals surface area contributed by atoms with E-state index in [0.29, 0.717) is 31.5 Å². The summed E-state index contributed by atoms with van der Waals surface area (Å²) in [6.07, 6.45) is 4.93. The number of ether oxygens (including phenoxy) is 1. The van der Waals surface area contributed by atoms with E-state index in [-0.39, 0.29) is 0 Å². The van der Waals surface area contributed by atoms with Gasteiger partial charge in [-0.15, -0.1) is 0 Å². The highest BCUT2D eigenvalue weighted by Gasteiger charge is 2.31. The Morgan fingerprint density at radius 2 is 2.00 bits per heavy atom. The molecule has 3 heteroatoms. The van der Waals surface area contributed by atoms with Gasteiger partial charge < -0.3 is 9.84 Å². The summed E-state index contributed by atoms with van der Waals surface area (Å²) in [6, 6.07) is 6.31. The summed E-state index contributed by atoms with van der Waals surface area (Å²) in [6.45, 7) is 0.783. The Balaban J connectivity index is 1.61. The summed E-state index contributed by atoms with van der Waals surface area (Å²) in [5.74, 6) is 1.30. The Morgan fingerprint density at radius 1 is 1.21 bits per heavy atom. The predicted octanol–water partition coefficient (Wildman–Crippen LogP) is 2.43. The van der Waals surface area contributed by atoms with Crippen molar-refractivity contribution < 1.29 is 14.6 Å². The lowest BCUT2D eigenvalue weighted by molar-refractivity contribution is -0.125. The van der Waals surface area contributed by atoms with Gasteiger partial charge in [0.2, 0.25) is 0 Å². The molecule has 1 aromatic carbocycles. The first-order valence-corrected chi connectivity index (χ1v) is 7.13. The third-order valence-electron chi connectivity index (χ3n) is 4.37. The molecule has 3 nitrogen and oxygen atoms in total. The predicted molar refractivity (Wildman–Crippen MR) is 72.4 cm³/mol. The van der Waals surface area contributed by atoms with Crippen LogP contribution >= 0.6 is 0 Å². The molecule has 1 saturated carbocycles. The number of hydrogen-bond acceptors (Lipinski definition) is 3. The fourth-order valence-corrected chi connectivity index (χ4v) is 3.02. The van der Waals surface area contributed by atoms with Crippen LogP contribution in [0, 0.1) is 0 Å². The summed E-state index contributed by atoms with van der Waals surface area (Å²) in [5.41, 5.74) is 1.90. The number of hydrogen-bond donors (Lipinski definition) is 1. The van der Waals surface area contributed by atoms with Crippen molar-refractivity contribution in [2.75, 3.05) is 6.61 Å². The lowest BCUT2D eigenvalue weighted by Gasteiger charge is -2.31. The van der Waals surface area contributed by atoms with Gasteiger partial charge in [0, 0.05) is 19.3 Å². The second-order valence-electron chi connectivity index (χ2n) is 5.80. The van der Waals surface area contributed by atoms with Crippen LogP contribution in [0.5, 0.6) is 5.75 Å². The molecular weight excluding hydrogens is 240 g/mol. The minimum Gasteiger partial charge on any atom is -0.493 e. The van der Waals surface area contributed by atoms with Gasteiger partial charge in [0.1, 0.15) is 11.5 Å². The second kappa shape index (κ2) is 4.97. The molecule has 19 heavy (non-hydrogen) atoms. The standard InChI is InChI=1S/C16H20O3/c17-14-4-8-16(18,9-5-14)7-3-12-1-2-15-13(11-12)6-10-19-15/h1-2,11,18H,3-10H2. The fraction of sp³-hybridized carbons (Fsp3) is 0.562. The Labute approximate surface area is 113 Å². The van der Waals surface area contributed by atoms with Crippen LogP contribution in [-0.2, 0) is 17.6 Å². The van der Waals surface area contributed by atoms with E-state index in [1.54, 1.807) is 0 Å². The van der Waals surface area contributed by atoms with Crippen molar-refractivity contribution in [3.63, 3.8) is 0 Å². The van der Waals surface area contributed by atoms with E-state index in [9.17, 15) is 9.90 Å². The molecule has 2 aliphatic rings. The van der Waals surface area contributed by atoms with Crippen LogP contribution in [0.4, 0.5) is 0 Å². The zero-order chi connectivity index (χ0) is 13.3. The quantitative estimate of drug-likeness (QED) is 0.908. The summed E-state index contributed by atoms with van der Waals surface area (Å²) in [7, 11) is 0. The molecular formula is C16H20O3. The molecule has 1 aliphatic heterocycles. The SMILES string of the molecule is O=C1CCC(O)(CCc2ccc3c(c2)CCO3)CC1. The van der Waals surface area contributed by atoms with Gasteiger partial charge in [-0.3, -0.25) is 4.79 Å². The van der Waals surface area contributed by atoms with E-state index in [0.717, 1.165) is 31.6 Å². The van der Waals surface area contributed by atoms with Crippen LogP contribution in [0.15, 0.2) is 18.2 Å².